The van der Waals surface area contributed by atoms with Crippen molar-refractivity contribution in [3.05, 3.63) is 12.2 Å². The van der Waals surface area contributed by atoms with Crippen LogP contribution in [0.3, 0.4) is 0 Å². The zero-order valence-corrected chi connectivity index (χ0v) is 8.98. The second-order valence-electron chi connectivity index (χ2n) is 3.70. The topological polar surface area (TPSA) is 74.6 Å². The molecular weight excluding hydrogens is 196 g/mol. The normalized spacial score (nSPS) is 12.9. The predicted octanol–water partition coefficient (Wildman–Crippen LogP) is 2.30. The Labute approximate surface area is 89.6 Å². The van der Waals surface area contributed by atoms with Gasteiger partial charge in [-0.1, -0.05) is 19.1 Å². The summed E-state index contributed by atoms with van der Waals surface area (Å²) in [7, 11) is 0. The molecule has 4 nitrogen and oxygen atoms in total. The summed E-state index contributed by atoms with van der Waals surface area (Å²) in [5.74, 6) is -1.41. The lowest BCUT2D eigenvalue weighted by molar-refractivity contribution is -0.138. The molecule has 0 aliphatic rings. The molecule has 1 unspecified atom stereocenters. The largest absolute Gasteiger partial charge is 0.481 e. The van der Waals surface area contributed by atoms with Crippen molar-refractivity contribution < 1.29 is 19.8 Å². The van der Waals surface area contributed by atoms with Crippen molar-refractivity contribution >= 4 is 11.9 Å². The third-order valence-corrected chi connectivity index (χ3v) is 1.99. The highest BCUT2D eigenvalue weighted by Crippen LogP contribution is 2.08. The molecule has 0 saturated heterocycles. The zero-order valence-electron chi connectivity index (χ0n) is 8.98. The Morgan fingerprint density at radius 2 is 1.87 bits per heavy atom. The molecule has 0 rings (SSSR count). The van der Waals surface area contributed by atoms with Gasteiger partial charge in [0, 0.05) is 12.8 Å². The summed E-state index contributed by atoms with van der Waals surface area (Å²) in [6.45, 7) is 1.88. The molecule has 0 spiro atoms. The van der Waals surface area contributed by atoms with Gasteiger partial charge in [0.05, 0.1) is 0 Å². The van der Waals surface area contributed by atoms with Crippen LogP contribution in [0.25, 0.3) is 0 Å². The van der Waals surface area contributed by atoms with E-state index in [2.05, 4.69) is 0 Å². The number of carboxylic acid groups (broad SMARTS) is 2. The first-order valence-corrected chi connectivity index (χ1v) is 5.11. The third kappa shape index (κ3) is 10.6. The Balaban J connectivity index is 3.45. The van der Waals surface area contributed by atoms with Crippen LogP contribution in [-0.4, -0.2) is 22.2 Å². The van der Waals surface area contributed by atoms with E-state index < -0.39 is 11.9 Å². The summed E-state index contributed by atoms with van der Waals surface area (Å²) in [4.78, 5) is 20.5. The fraction of sp³-hybridized carbons (Fsp3) is 0.636. The molecule has 0 aromatic rings. The third-order valence-electron chi connectivity index (χ3n) is 1.99. The quantitative estimate of drug-likeness (QED) is 0.480. The SMILES string of the molecule is CC(CC=CCCCC(=O)O)CC(=O)O. The van der Waals surface area contributed by atoms with Crippen LogP contribution >= 0.6 is 0 Å². The minimum Gasteiger partial charge on any atom is -0.481 e. The van der Waals surface area contributed by atoms with Crippen LogP contribution in [-0.2, 0) is 9.59 Å². The van der Waals surface area contributed by atoms with E-state index in [1.165, 1.54) is 0 Å². The highest BCUT2D eigenvalue weighted by atomic mass is 16.4. The summed E-state index contributed by atoms with van der Waals surface area (Å²) in [5.41, 5.74) is 0. The Hall–Kier alpha value is -1.32. The van der Waals surface area contributed by atoms with Crippen molar-refractivity contribution in [3.8, 4) is 0 Å². The monoisotopic (exact) mass is 214 g/mol. The van der Waals surface area contributed by atoms with Gasteiger partial charge in [-0.3, -0.25) is 9.59 Å². The maximum atomic E-state index is 10.3. The molecular formula is C11H18O4. The maximum Gasteiger partial charge on any atom is 0.303 e. The van der Waals surface area contributed by atoms with Gasteiger partial charge in [-0.05, 0) is 25.2 Å². The van der Waals surface area contributed by atoms with Gasteiger partial charge in [0.15, 0.2) is 0 Å². The molecule has 1 atom stereocenters. The molecule has 4 heteroatoms. The van der Waals surface area contributed by atoms with E-state index in [1.54, 1.807) is 0 Å². The Morgan fingerprint density at radius 3 is 2.40 bits per heavy atom. The summed E-state index contributed by atoms with van der Waals surface area (Å²) in [6.07, 6.45) is 6.33. The fourth-order valence-corrected chi connectivity index (χ4v) is 1.20. The molecule has 0 radical (unpaired) electrons. The van der Waals surface area contributed by atoms with E-state index in [4.69, 9.17) is 10.2 Å². The number of hydrogen-bond acceptors (Lipinski definition) is 2. The number of rotatable bonds is 8. The van der Waals surface area contributed by atoms with E-state index in [9.17, 15) is 9.59 Å². The number of carboxylic acids is 2. The first kappa shape index (κ1) is 13.7. The second-order valence-corrected chi connectivity index (χ2v) is 3.70. The van der Waals surface area contributed by atoms with Gasteiger partial charge >= 0.3 is 11.9 Å². The number of unbranched alkanes of at least 4 members (excludes halogenated alkanes) is 1. The molecule has 0 aromatic heterocycles. The molecule has 2 N–H and O–H groups in total. The van der Waals surface area contributed by atoms with Crippen LogP contribution in [0.15, 0.2) is 12.2 Å². The number of allylic oxidation sites excluding steroid dienone is 2. The average molecular weight is 214 g/mol. The zero-order chi connectivity index (χ0) is 11.7. The Kier molecular flexibility index (Phi) is 7.32. The van der Waals surface area contributed by atoms with Crippen LogP contribution in [0.2, 0.25) is 0 Å². The number of aliphatic carboxylic acids is 2. The highest BCUT2D eigenvalue weighted by molar-refractivity contribution is 5.67. The van der Waals surface area contributed by atoms with Gasteiger partial charge in [0.25, 0.3) is 0 Å². The van der Waals surface area contributed by atoms with E-state index >= 15 is 0 Å². The van der Waals surface area contributed by atoms with Gasteiger partial charge in [0.2, 0.25) is 0 Å². The lowest BCUT2D eigenvalue weighted by Gasteiger charge is -2.03. The highest BCUT2D eigenvalue weighted by Gasteiger charge is 2.04. The minimum atomic E-state index is -0.776. The molecule has 0 fully saturated rings. The number of hydrogen-bond donors (Lipinski definition) is 2. The Bertz CT molecular complexity index is 233. The molecule has 0 bridgehead atoms. The van der Waals surface area contributed by atoms with Gasteiger partial charge in [-0.15, -0.1) is 0 Å². The summed E-state index contributed by atoms with van der Waals surface area (Å²) in [6, 6.07) is 0. The van der Waals surface area contributed by atoms with Crippen LogP contribution in [0.1, 0.15) is 39.0 Å². The summed E-state index contributed by atoms with van der Waals surface area (Å²) >= 11 is 0. The van der Waals surface area contributed by atoms with Gasteiger partial charge < -0.3 is 10.2 Å². The Morgan fingerprint density at radius 1 is 1.20 bits per heavy atom. The van der Waals surface area contributed by atoms with Gasteiger partial charge in [-0.25, -0.2) is 0 Å². The van der Waals surface area contributed by atoms with Gasteiger partial charge in [-0.2, -0.15) is 0 Å². The molecule has 15 heavy (non-hydrogen) atoms. The second kappa shape index (κ2) is 8.03. The first-order chi connectivity index (χ1) is 7.02. The standard InChI is InChI=1S/C11H18O4/c1-9(8-11(14)15)6-4-2-3-5-7-10(12)13/h2,4,9H,3,5-8H2,1H3,(H,12,13)(H,14,15). The van der Waals surface area contributed by atoms with Crippen molar-refractivity contribution in [1.29, 1.82) is 0 Å². The van der Waals surface area contributed by atoms with Gasteiger partial charge in [0.1, 0.15) is 0 Å². The molecule has 0 aliphatic carbocycles. The first-order valence-electron chi connectivity index (χ1n) is 5.11. The van der Waals surface area contributed by atoms with Crippen molar-refractivity contribution in [3.63, 3.8) is 0 Å². The van der Waals surface area contributed by atoms with Crippen molar-refractivity contribution in [1.82, 2.24) is 0 Å². The van der Waals surface area contributed by atoms with Crippen LogP contribution in [0.5, 0.6) is 0 Å². The smallest absolute Gasteiger partial charge is 0.303 e. The van der Waals surface area contributed by atoms with E-state index in [1.807, 2.05) is 19.1 Å². The molecule has 0 aromatic carbocycles. The molecule has 0 amide bonds. The van der Waals surface area contributed by atoms with Crippen molar-refractivity contribution in [2.45, 2.75) is 39.0 Å². The van der Waals surface area contributed by atoms with Crippen LogP contribution in [0.4, 0.5) is 0 Å². The van der Waals surface area contributed by atoms with E-state index in [0.717, 1.165) is 12.8 Å². The summed E-state index contributed by atoms with van der Waals surface area (Å²) < 4.78 is 0. The fourth-order valence-electron chi connectivity index (χ4n) is 1.20. The van der Waals surface area contributed by atoms with E-state index in [-0.39, 0.29) is 18.8 Å². The molecule has 0 aliphatic heterocycles. The average Bonchev–Trinajstić information content (AvgIpc) is 2.09. The summed E-state index contributed by atoms with van der Waals surface area (Å²) in [5, 5.41) is 16.9. The molecule has 0 saturated carbocycles. The molecule has 86 valence electrons. The predicted molar refractivity (Wildman–Crippen MR) is 56.7 cm³/mol. The van der Waals surface area contributed by atoms with Crippen LogP contribution in [0, 0.1) is 5.92 Å². The van der Waals surface area contributed by atoms with Crippen molar-refractivity contribution in [2.24, 2.45) is 5.92 Å². The number of carbonyl (C=O) groups is 2. The lowest BCUT2D eigenvalue weighted by atomic mass is 10.0. The van der Waals surface area contributed by atoms with Crippen molar-refractivity contribution in [2.75, 3.05) is 0 Å². The van der Waals surface area contributed by atoms with Crippen LogP contribution < -0.4 is 0 Å². The van der Waals surface area contributed by atoms with E-state index in [0.29, 0.717) is 6.42 Å². The maximum absolute atomic E-state index is 10.3. The molecule has 0 heterocycles. The lowest BCUT2D eigenvalue weighted by Crippen LogP contribution is -2.02. The minimum absolute atomic E-state index is 0.137.